The van der Waals surface area contributed by atoms with E-state index >= 15 is 0 Å². The van der Waals surface area contributed by atoms with Crippen LogP contribution in [0, 0.1) is 0 Å². The Morgan fingerprint density at radius 2 is 2.40 bits per heavy atom. The van der Waals surface area contributed by atoms with Crippen LogP contribution in [0.4, 0.5) is 0 Å². The van der Waals surface area contributed by atoms with Crippen molar-refractivity contribution < 1.29 is 0 Å². The molecule has 0 aliphatic heterocycles. The van der Waals surface area contributed by atoms with Gasteiger partial charge in [-0.15, -0.1) is 5.43 Å². The summed E-state index contributed by atoms with van der Waals surface area (Å²) < 4.78 is 0. The van der Waals surface area contributed by atoms with E-state index in [0.717, 1.165) is 0 Å². The predicted molar refractivity (Wildman–Crippen MR) is 22.9 cm³/mol. The van der Waals surface area contributed by atoms with E-state index in [9.17, 15) is 0 Å². The number of nitrogens with one attached hydrogen (secondary N) is 1. The predicted octanol–water partition coefficient (Wildman–Crippen LogP) is -0.453. The fraction of sp³-hybridized carbons (Fsp3) is 0.667. The first-order valence-corrected chi connectivity index (χ1v) is 1.56. The monoisotopic (exact) mass is 72.1 g/mol. The summed E-state index contributed by atoms with van der Waals surface area (Å²) in [5, 5.41) is 3.60. The van der Waals surface area contributed by atoms with E-state index in [0.29, 0.717) is 0 Å². The zero-order chi connectivity index (χ0) is 4.12. The van der Waals surface area contributed by atoms with Crippen molar-refractivity contribution in [3.8, 4) is 0 Å². The first kappa shape index (κ1) is 4.47. The van der Waals surface area contributed by atoms with E-state index in [4.69, 9.17) is 0 Å². The number of hydrogen-bond donors (Lipinski definition) is 1. The molecule has 0 unspecified atom stereocenters. The lowest BCUT2D eigenvalue weighted by molar-refractivity contribution is 0.813. The molecule has 1 radical (unpaired) electrons. The maximum atomic E-state index is 3.60. The molecule has 0 fully saturated rings. The Labute approximate surface area is 31.9 Å². The molecule has 0 aromatic rings. The van der Waals surface area contributed by atoms with Crippen molar-refractivity contribution in [1.29, 1.82) is 0 Å². The van der Waals surface area contributed by atoms with Crippen molar-refractivity contribution in [3.05, 3.63) is 0 Å². The molecule has 29 valence electrons. The second kappa shape index (κ2) is 3.47. The maximum Gasteiger partial charge on any atom is 0.248 e. The Balaban J connectivity index is 2.62. The van der Waals surface area contributed by atoms with Crippen LogP contribution in [0.3, 0.4) is 0 Å². The second-order valence-electron chi connectivity index (χ2n) is 0.611. The summed E-state index contributed by atoms with van der Waals surface area (Å²) in [6.07, 6.45) is 1.69. The summed E-state index contributed by atoms with van der Waals surface area (Å²) in [5.74, 6) is 0. The fourth-order valence-corrected chi connectivity index (χ4v) is 0.129. The first-order valence-electron chi connectivity index (χ1n) is 1.56. The van der Waals surface area contributed by atoms with Gasteiger partial charge in [0, 0.05) is 6.92 Å². The van der Waals surface area contributed by atoms with Crippen molar-refractivity contribution in [2.75, 3.05) is 7.05 Å². The highest BCUT2D eigenvalue weighted by Gasteiger charge is 1.66. The Bertz CT molecular complexity index is 31.9. The highest BCUT2D eigenvalue weighted by molar-refractivity contribution is 5.51. The van der Waals surface area contributed by atoms with Gasteiger partial charge in [-0.25, -0.2) is 0 Å². The van der Waals surface area contributed by atoms with Gasteiger partial charge in [-0.2, -0.15) is 0 Å². The zero-order valence-corrected chi connectivity index (χ0v) is 3.52. The molecule has 0 amide bonds. The van der Waals surface area contributed by atoms with Crippen molar-refractivity contribution in [2.45, 2.75) is 6.92 Å². The van der Waals surface area contributed by atoms with Gasteiger partial charge in [0.25, 0.3) is 0 Å². The molecule has 0 atom stereocenters. The van der Waals surface area contributed by atoms with Gasteiger partial charge >= 0.3 is 0 Å². The summed E-state index contributed by atoms with van der Waals surface area (Å²) in [4.78, 5) is 0. The van der Waals surface area contributed by atoms with Gasteiger partial charge in [0.05, 0.1) is 7.05 Å². The molecule has 2 heteroatoms. The maximum absolute atomic E-state index is 3.60. The van der Waals surface area contributed by atoms with Gasteiger partial charge in [0.15, 0.2) is 5.10 Å². The smallest absolute Gasteiger partial charge is 0.137 e. The summed E-state index contributed by atoms with van der Waals surface area (Å²) in [6, 6.07) is 0. The van der Waals surface area contributed by atoms with Crippen molar-refractivity contribution >= 4 is 6.21 Å². The van der Waals surface area contributed by atoms with Gasteiger partial charge < -0.3 is 0 Å². The van der Waals surface area contributed by atoms with E-state index in [1.165, 1.54) is 0 Å². The Hall–Kier alpha value is -0.530. The topological polar surface area (TPSA) is 26.1 Å². The third kappa shape index (κ3) is 3.47. The Morgan fingerprint density at radius 1 is 1.80 bits per heavy atom. The van der Waals surface area contributed by atoms with Crippen LogP contribution in [0.2, 0.25) is 0 Å². The van der Waals surface area contributed by atoms with E-state index in [1.54, 1.807) is 13.3 Å². The number of hydrogen-bond acceptors (Lipinski definition) is 2. The molecule has 0 saturated carbocycles. The molecule has 0 rings (SSSR count). The molecule has 0 bridgehead atoms. The summed E-state index contributed by atoms with van der Waals surface area (Å²) >= 11 is 0. The second-order valence-corrected chi connectivity index (χ2v) is 0.611. The number of hydrazone groups is 1. The van der Waals surface area contributed by atoms with Gasteiger partial charge in [-0.05, 0) is 0 Å². The van der Waals surface area contributed by atoms with Gasteiger partial charge in [0.1, 0.15) is 0 Å². The van der Waals surface area contributed by atoms with Gasteiger partial charge in [0.2, 0.25) is 6.21 Å². The molecule has 0 aromatic carbocycles. The van der Waals surface area contributed by atoms with E-state index in [-0.39, 0.29) is 0 Å². The molecular formula is C3H8N2+. The minimum Gasteiger partial charge on any atom is -0.137 e. The van der Waals surface area contributed by atoms with E-state index in [2.05, 4.69) is 10.5 Å². The molecule has 5 heavy (non-hydrogen) atoms. The van der Waals surface area contributed by atoms with Crippen LogP contribution < -0.4 is 10.5 Å². The third-order valence-corrected chi connectivity index (χ3v) is 0.258. The average Bonchev–Trinajstić information content (AvgIpc) is 1.41. The minimum atomic E-state index is 1.69. The highest BCUT2D eigenvalue weighted by Crippen LogP contribution is 1.22. The van der Waals surface area contributed by atoms with Gasteiger partial charge in [-0.1, -0.05) is 0 Å². The van der Waals surface area contributed by atoms with E-state index < -0.39 is 0 Å². The van der Waals surface area contributed by atoms with Crippen molar-refractivity contribution in [2.24, 2.45) is 0 Å². The molecule has 0 aliphatic carbocycles. The molecule has 0 aromatic heterocycles. The van der Waals surface area contributed by atoms with Crippen LogP contribution in [0.15, 0.2) is 0 Å². The van der Waals surface area contributed by atoms with Crippen LogP contribution in [-0.2, 0) is 0 Å². The molecule has 0 aliphatic rings. The average molecular weight is 72.1 g/mol. The summed E-state index contributed by atoms with van der Waals surface area (Å²) in [7, 11) is 1.76. The fourth-order valence-electron chi connectivity index (χ4n) is 0.129. The summed E-state index contributed by atoms with van der Waals surface area (Å²) in [5.41, 5.74) is 2.59. The molecule has 2 nitrogen and oxygen atoms in total. The van der Waals surface area contributed by atoms with Crippen LogP contribution in [0.5, 0.6) is 0 Å². The molecule has 0 heterocycles. The van der Waals surface area contributed by atoms with Crippen LogP contribution in [-0.4, -0.2) is 13.3 Å². The lowest BCUT2D eigenvalue weighted by Crippen LogP contribution is -2.07. The molecular weight excluding hydrogens is 64.0 g/mol. The lowest BCUT2D eigenvalue weighted by atomic mass is 10.9. The van der Waals surface area contributed by atoms with Gasteiger partial charge in [-0.3, -0.25) is 0 Å². The lowest BCUT2D eigenvalue weighted by Gasteiger charge is -1.54. The first-order chi connectivity index (χ1) is 2.41. The van der Waals surface area contributed by atoms with E-state index in [1.807, 2.05) is 6.92 Å². The largest absolute Gasteiger partial charge is 0.248 e. The SMILES string of the molecule is CC=[N+]NC. The Morgan fingerprint density at radius 3 is 2.40 bits per heavy atom. The molecule has 1 N–H and O–H groups in total. The molecule has 0 spiro atoms. The number of rotatable bonds is 1. The standard InChI is InChI=1S/C3H8N2/c1-3-5-4-2/h3-4H,1-2H3/q+1. The van der Waals surface area contributed by atoms with Crippen molar-refractivity contribution in [3.63, 3.8) is 0 Å². The Kier molecular flexibility index (Phi) is 3.10. The van der Waals surface area contributed by atoms with Crippen LogP contribution in [0.1, 0.15) is 6.92 Å². The zero-order valence-electron chi connectivity index (χ0n) is 3.52. The molecule has 0 saturated heterocycles. The normalized spacial score (nSPS) is 9.20. The van der Waals surface area contributed by atoms with Crippen LogP contribution >= 0.6 is 0 Å². The summed E-state index contributed by atoms with van der Waals surface area (Å²) in [6.45, 7) is 1.86. The van der Waals surface area contributed by atoms with Crippen molar-refractivity contribution in [1.82, 2.24) is 10.5 Å². The van der Waals surface area contributed by atoms with Crippen LogP contribution in [0.25, 0.3) is 0 Å². The third-order valence-electron chi connectivity index (χ3n) is 0.258. The highest BCUT2D eigenvalue weighted by atomic mass is 15.2. The minimum absolute atomic E-state index is 1.69. The number of nitrogens with zero attached hydrogens (tertiary/aromatic N) is 1. The quantitative estimate of drug-likeness (QED) is 0.329.